The molecule has 1 aromatic rings. The standard InChI is InChI=1S/C8H14FN3/c1-3-4-6(9)7-5-8(10)12(2)11-7/h5-6H,3-4,10H2,1-2H3. The van der Waals surface area contributed by atoms with Gasteiger partial charge in [0, 0.05) is 13.1 Å². The fourth-order valence-corrected chi connectivity index (χ4v) is 1.06. The lowest BCUT2D eigenvalue weighted by Crippen LogP contribution is -1.98. The van der Waals surface area contributed by atoms with Crippen LogP contribution in [0.5, 0.6) is 0 Å². The molecule has 0 saturated carbocycles. The van der Waals surface area contributed by atoms with Crippen molar-refractivity contribution < 1.29 is 4.39 Å². The maximum atomic E-state index is 13.2. The van der Waals surface area contributed by atoms with Gasteiger partial charge in [0.1, 0.15) is 12.0 Å². The summed E-state index contributed by atoms with van der Waals surface area (Å²) in [5, 5.41) is 3.95. The number of anilines is 1. The predicted molar refractivity (Wildman–Crippen MR) is 46.4 cm³/mol. The molecule has 1 heterocycles. The maximum absolute atomic E-state index is 13.2. The van der Waals surface area contributed by atoms with E-state index in [-0.39, 0.29) is 0 Å². The van der Waals surface area contributed by atoms with Crippen molar-refractivity contribution in [2.75, 3.05) is 5.73 Å². The molecule has 0 saturated heterocycles. The SMILES string of the molecule is CCCC(F)c1cc(N)n(C)n1. The van der Waals surface area contributed by atoms with Gasteiger partial charge in [-0.25, -0.2) is 4.39 Å². The van der Waals surface area contributed by atoms with Gasteiger partial charge in [0.2, 0.25) is 0 Å². The van der Waals surface area contributed by atoms with Crippen LogP contribution in [0.3, 0.4) is 0 Å². The predicted octanol–water partition coefficient (Wildman–Crippen LogP) is 1.81. The minimum atomic E-state index is -0.974. The molecule has 0 aliphatic heterocycles. The monoisotopic (exact) mass is 171 g/mol. The van der Waals surface area contributed by atoms with E-state index in [1.165, 1.54) is 4.68 Å². The molecule has 0 aliphatic carbocycles. The first-order valence-electron chi connectivity index (χ1n) is 4.08. The summed E-state index contributed by atoms with van der Waals surface area (Å²) in [6.07, 6.45) is 0.354. The summed E-state index contributed by atoms with van der Waals surface area (Å²) in [6, 6.07) is 1.58. The summed E-state index contributed by atoms with van der Waals surface area (Å²) in [4.78, 5) is 0. The number of nitrogens with zero attached hydrogens (tertiary/aromatic N) is 2. The average molecular weight is 171 g/mol. The molecule has 12 heavy (non-hydrogen) atoms. The number of aryl methyl sites for hydroxylation is 1. The largest absolute Gasteiger partial charge is 0.384 e. The first-order valence-corrected chi connectivity index (χ1v) is 4.08. The number of nitrogen functional groups attached to an aromatic ring is 1. The summed E-state index contributed by atoms with van der Waals surface area (Å²) < 4.78 is 14.7. The van der Waals surface area contributed by atoms with E-state index in [9.17, 15) is 4.39 Å². The number of nitrogens with two attached hydrogens (primary N) is 1. The van der Waals surface area contributed by atoms with Gasteiger partial charge in [0.05, 0.1) is 5.69 Å². The van der Waals surface area contributed by atoms with Crippen LogP contribution in [0.1, 0.15) is 31.6 Å². The van der Waals surface area contributed by atoms with Gasteiger partial charge in [-0.3, -0.25) is 4.68 Å². The Bertz CT molecular complexity index is 237. The Kier molecular flexibility index (Phi) is 2.68. The third-order valence-electron chi connectivity index (χ3n) is 1.80. The summed E-state index contributed by atoms with van der Waals surface area (Å²) in [5.41, 5.74) is 5.95. The lowest BCUT2D eigenvalue weighted by atomic mass is 10.2. The van der Waals surface area contributed by atoms with Crippen LogP contribution in [0, 0.1) is 0 Å². The Hall–Kier alpha value is -1.06. The second-order valence-electron chi connectivity index (χ2n) is 2.87. The van der Waals surface area contributed by atoms with E-state index in [2.05, 4.69) is 5.10 Å². The van der Waals surface area contributed by atoms with Crippen molar-refractivity contribution in [3.8, 4) is 0 Å². The number of hydrogen-bond donors (Lipinski definition) is 1. The van der Waals surface area contributed by atoms with Crippen molar-refractivity contribution in [1.82, 2.24) is 9.78 Å². The summed E-state index contributed by atoms with van der Waals surface area (Å²) in [6.45, 7) is 1.94. The minimum absolute atomic E-state index is 0.442. The molecule has 1 unspecified atom stereocenters. The van der Waals surface area contributed by atoms with E-state index in [0.29, 0.717) is 17.9 Å². The molecule has 0 amide bonds. The van der Waals surface area contributed by atoms with Gasteiger partial charge in [-0.2, -0.15) is 5.10 Å². The van der Waals surface area contributed by atoms with Gasteiger partial charge in [-0.15, -0.1) is 0 Å². The summed E-state index contributed by atoms with van der Waals surface area (Å²) in [5.74, 6) is 0.503. The van der Waals surface area contributed by atoms with Crippen molar-refractivity contribution in [1.29, 1.82) is 0 Å². The van der Waals surface area contributed by atoms with E-state index in [1.54, 1.807) is 13.1 Å². The summed E-state index contributed by atoms with van der Waals surface area (Å²) in [7, 11) is 1.71. The van der Waals surface area contributed by atoms with Gasteiger partial charge in [0.25, 0.3) is 0 Å². The molecule has 4 heteroatoms. The number of halogens is 1. The molecule has 0 radical (unpaired) electrons. The number of hydrogen-bond acceptors (Lipinski definition) is 2. The number of aromatic nitrogens is 2. The molecule has 0 fully saturated rings. The molecule has 1 atom stereocenters. The van der Waals surface area contributed by atoms with E-state index < -0.39 is 6.17 Å². The van der Waals surface area contributed by atoms with E-state index >= 15 is 0 Å². The zero-order valence-electron chi connectivity index (χ0n) is 7.42. The van der Waals surface area contributed by atoms with Crippen LogP contribution in [0.2, 0.25) is 0 Å². The van der Waals surface area contributed by atoms with Crippen LogP contribution in [-0.4, -0.2) is 9.78 Å². The highest BCUT2D eigenvalue weighted by Crippen LogP contribution is 2.22. The fourth-order valence-electron chi connectivity index (χ4n) is 1.06. The zero-order chi connectivity index (χ0) is 9.14. The average Bonchev–Trinajstić information content (AvgIpc) is 2.33. The van der Waals surface area contributed by atoms with E-state index in [4.69, 9.17) is 5.73 Å². The Morgan fingerprint density at radius 1 is 1.75 bits per heavy atom. The van der Waals surface area contributed by atoms with Gasteiger partial charge in [0.15, 0.2) is 0 Å². The van der Waals surface area contributed by atoms with Crippen LogP contribution >= 0.6 is 0 Å². The zero-order valence-corrected chi connectivity index (χ0v) is 7.42. The van der Waals surface area contributed by atoms with Gasteiger partial charge < -0.3 is 5.73 Å². The number of alkyl halides is 1. The topological polar surface area (TPSA) is 43.8 Å². The van der Waals surface area contributed by atoms with Crippen LogP contribution in [0.25, 0.3) is 0 Å². The van der Waals surface area contributed by atoms with Crippen molar-refractivity contribution in [3.63, 3.8) is 0 Å². The highest BCUT2D eigenvalue weighted by molar-refractivity contribution is 5.31. The molecule has 0 spiro atoms. The normalized spacial score (nSPS) is 13.2. The first-order chi connectivity index (χ1) is 5.65. The highest BCUT2D eigenvalue weighted by atomic mass is 19.1. The van der Waals surface area contributed by atoms with Crippen molar-refractivity contribution >= 4 is 5.82 Å². The van der Waals surface area contributed by atoms with Gasteiger partial charge in [-0.05, 0) is 6.42 Å². The van der Waals surface area contributed by atoms with Gasteiger partial charge in [-0.1, -0.05) is 13.3 Å². The fraction of sp³-hybridized carbons (Fsp3) is 0.625. The van der Waals surface area contributed by atoms with Crippen LogP contribution in [-0.2, 0) is 7.05 Å². The molecule has 3 nitrogen and oxygen atoms in total. The first kappa shape index (κ1) is 9.03. The van der Waals surface area contributed by atoms with E-state index in [1.807, 2.05) is 6.92 Å². The Morgan fingerprint density at radius 2 is 2.42 bits per heavy atom. The van der Waals surface area contributed by atoms with Crippen LogP contribution in [0.4, 0.5) is 10.2 Å². The van der Waals surface area contributed by atoms with Crippen molar-refractivity contribution in [3.05, 3.63) is 11.8 Å². The lowest BCUT2D eigenvalue weighted by molar-refractivity contribution is 0.311. The van der Waals surface area contributed by atoms with Crippen LogP contribution < -0.4 is 5.73 Å². The molecule has 68 valence electrons. The molecule has 0 aliphatic rings. The van der Waals surface area contributed by atoms with Gasteiger partial charge >= 0.3 is 0 Å². The number of rotatable bonds is 3. The Balaban J connectivity index is 2.74. The Labute approximate surface area is 71.4 Å². The smallest absolute Gasteiger partial charge is 0.144 e. The Morgan fingerprint density at radius 3 is 2.83 bits per heavy atom. The third-order valence-corrected chi connectivity index (χ3v) is 1.80. The second-order valence-corrected chi connectivity index (χ2v) is 2.87. The van der Waals surface area contributed by atoms with Crippen LogP contribution in [0.15, 0.2) is 6.07 Å². The molecule has 1 aromatic heterocycles. The summed E-state index contributed by atoms with van der Waals surface area (Å²) >= 11 is 0. The molecule has 0 bridgehead atoms. The lowest BCUT2D eigenvalue weighted by Gasteiger charge is -2.00. The molecule has 0 aromatic carbocycles. The second kappa shape index (κ2) is 3.56. The quantitative estimate of drug-likeness (QED) is 0.753. The minimum Gasteiger partial charge on any atom is -0.384 e. The van der Waals surface area contributed by atoms with Crippen molar-refractivity contribution in [2.45, 2.75) is 25.9 Å². The molecule has 1 rings (SSSR count). The maximum Gasteiger partial charge on any atom is 0.144 e. The highest BCUT2D eigenvalue weighted by Gasteiger charge is 2.12. The molecule has 2 N–H and O–H groups in total. The van der Waals surface area contributed by atoms with Crippen molar-refractivity contribution in [2.24, 2.45) is 7.05 Å². The molecular formula is C8H14FN3. The third kappa shape index (κ3) is 1.75. The van der Waals surface area contributed by atoms with E-state index in [0.717, 1.165) is 6.42 Å². The molecular weight excluding hydrogens is 157 g/mol.